The zero-order valence-electron chi connectivity index (χ0n) is 13.5. The Balaban J connectivity index is 1.46. The lowest BCUT2D eigenvalue weighted by molar-refractivity contribution is 0.0955. The molecule has 1 aromatic carbocycles. The van der Waals surface area contributed by atoms with Crippen molar-refractivity contribution in [3.63, 3.8) is 0 Å². The molecule has 0 bridgehead atoms. The number of fused-ring (bicyclic) bond motifs is 2. The van der Waals surface area contributed by atoms with Crippen molar-refractivity contribution < 1.29 is 4.79 Å². The molecule has 0 aliphatic rings. The van der Waals surface area contributed by atoms with Gasteiger partial charge in [-0.3, -0.25) is 9.20 Å². The number of benzene rings is 1. The Morgan fingerprint density at radius 1 is 1.32 bits per heavy atom. The van der Waals surface area contributed by atoms with Crippen molar-refractivity contribution in [2.75, 3.05) is 6.54 Å². The topological polar surface area (TPSA) is 88.0 Å². The van der Waals surface area contributed by atoms with E-state index in [4.69, 9.17) is 0 Å². The highest BCUT2D eigenvalue weighted by Gasteiger charge is 2.13. The number of nitrogens with one attached hydrogen (secondary N) is 2. The number of aromatic nitrogens is 5. The van der Waals surface area contributed by atoms with Gasteiger partial charge in [0.15, 0.2) is 5.65 Å². The zero-order chi connectivity index (χ0) is 17.4. The number of aryl methyl sites for hydroxylation is 1. The van der Waals surface area contributed by atoms with Crippen LogP contribution in [0.2, 0.25) is 0 Å². The third-order valence-electron chi connectivity index (χ3n) is 3.97. The van der Waals surface area contributed by atoms with Crippen LogP contribution in [0.5, 0.6) is 0 Å². The van der Waals surface area contributed by atoms with E-state index in [1.165, 1.54) is 5.56 Å². The van der Waals surface area contributed by atoms with E-state index in [0.29, 0.717) is 28.9 Å². The molecule has 0 aliphatic heterocycles. The van der Waals surface area contributed by atoms with Crippen LogP contribution in [-0.2, 0) is 6.42 Å². The SMILES string of the molecule is Cc1ccc2nc(CCNC(=O)c3cccn4c(Br)nnc34)[nH]c2c1. The standard InChI is InChI=1S/C17H15BrN6O/c1-10-4-5-12-13(9-10)21-14(20-12)6-7-19-16(25)11-3-2-8-24-15(11)22-23-17(24)18/h2-5,8-9H,6-7H2,1H3,(H,19,25)(H,20,21). The monoisotopic (exact) mass is 398 g/mol. The Bertz CT molecular complexity index is 1080. The van der Waals surface area contributed by atoms with Gasteiger partial charge in [-0.2, -0.15) is 0 Å². The molecule has 0 unspecified atom stereocenters. The molecule has 7 nitrogen and oxygen atoms in total. The van der Waals surface area contributed by atoms with Crippen LogP contribution >= 0.6 is 15.9 Å². The summed E-state index contributed by atoms with van der Waals surface area (Å²) < 4.78 is 2.28. The molecule has 8 heteroatoms. The van der Waals surface area contributed by atoms with Crippen LogP contribution in [-0.4, -0.2) is 37.0 Å². The first-order valence-electron chi connectivity index (χ1n) is 7.84. The third-order valence-corrected chi connectivity index (χ3v) is 4.51. The van der Waals surface area contributed by atoms with Crippen molar-refractivity contribution in [3.05, 3.63) is 58.2 Å². The van der Waals surface area contributed by atoms with Crippen molar-refractivity contribution in [2.24, 2.45) is 0 Å². The number of rotatable bonds is 4. The van der Waals surface area contributed by atoms with Crippen LogP contribution in [0.15, 0.2) is 41.3 Å². The van der Waals surface area contributed by atoms with E-state index in [1.807, 2.05) is 19.1 Å². The van der Waals surface area contributed by atoms with Crippen LogP contribution in [0.4, 0.5) is 0 Å². The number of aromatic amines is 1. The van der Waals surface area contributed by atoms with Gasteiger partial charge in [0.25, 0.3) is 5.91 Å². The summed E-state index contributed by atoms with van der Waals surface area (Å²) in [5.41, 5.74) is 4.14. The predicted molar refractivity (Wildman–Crippen MR) is 97.6 cm³/mol. The Morgan fingerprint density at radius 3 is 3.08 bits per heavy atom. The summed E-state index contributed by atoms with van der Waals surface area (Å²) in [5, 5.41) is 10.9. The van der Waals surface area contributed by atoms with Gasteiger partial charge in [-0.05, 0) is 52.7 Å². The molecule has 0 aliphatic carbocycles. The van der Waals surface area contributed by atoms with Crippen molar-refractivity contribution in [2.45, 2.75) is 13.3 Å². The fourth-order valence-corrected chi connectivity index (χ4v) is 3.12. The predicted octanol–water partition coefficient (Wildman–Crippen LogP) is 2.65. The molecule has 2 N–H and O–H groups in total. The molecule has 0 saturated heterocycles. The molecular weight excluding hydrogens is 384 g/mol. The van der Waals surface area contributed by atoms with Gasteiger partial charge in [0, 0.05) is 19.2 Å². The summed E-state index contributed by atoms with van der Waals surface area (Å²) in [4.78, 5) is 20.3. The van der Waals surface area contributed by atoms with E-state index >= 15 is 0 Å². The minimum Gasteiger partial charge on any atom is -0.351 e. The molecule has 3 aromatic heterocycles. The molecule has 4 rings (SSSR count). The van der Waals surface area contributed by atoms with Crippen LogP contribution in [0.3, 0.4) is 0 Å². The molecule has 126 valence electrons. The number of nitrogens with zero attached hydrogens (tertiary/aromatic N) is 4. The molecule has 25 heavy (non-hydrogen) atoms. The summed E-state index contributed by atoms with van der Waals surface area (Å²) in [6, 6.07) is 9.61. The summed E-state index contributed by atoms with van der Waals surface area (Å²) in [7, 11) is 0. The summed E-state index contributed by atoms with van der Waals surface area (Å²) in [6.07, 6.45) is 2.42. The number of H-pyrrole nitrogens is 1. The van der Waals surface area contributed by atoms with Crippen LogP contribution in [0, 0.1) is 6.92 Å². The van der Waals surface area contributed by atoms with Crippen LogP contribution in [0.25, 0.3) is 16.7 Å². The Hall–Kier alpha value is -2.74. The van der Waals surface area contributed by atoms with Gasteiger partial charge < -0.3 is 10.3 Å². The van der Waals surface area contributed by atoms with Gasteiger partial charge >= 0.3 is 0 Å². The Labute approximate surface area is 151 Å². The molecule has 1 amide bonds. The number of imidazole rings is 1. The molecular formula is C17H15BrN6O. The van der Waals surface area contributed by atoms with Gasteiger partial charge in [-0.15, -0.1) is 10.2 Å². The van der Waals surface area contributed by atoms with Crippen molar-refractivity contribution in [3.8, 4) is 0 Å². The van der Waals surface area contributed by atoms with Crippen molar-refractivity contribution >= 4 is 38.5 Å². The maximum atomic E-state index is 12.4. The van der Waals surface area contributed by atoms with E-state index in [-0.39, 0.29) is 5.91 Å². The number of halogens is 1. The van der Waals surface area contributed by atoms with Gasteiger partial charge in [-0.25, -0.2) is 4.98 Å². The molecule has 3 heterocycles. The second kappa shape index (κ2) is 6.29. The van der Waals surface area contributed by atoms with Crippen molar-refractivity contribution in [1.82, 2.24) is 29.9 Å². The van der Waals surface area contributed by atoms with E-state index in [0.717, 1.165) is 16.9 Å². The van der Waals surface area contributed by atoms with Crippen LogP contribution < -0.4 is 5.32 Å². The smallest absolute Gasteiger partial charge is 0.255 e. The van der Waals surface area contributed by atoms with Crippen LogP contribution in [0.1, 0.15) is 21.7 Å². The van der Waals surface area contributed by atoms with Crippen molar-refractivity contribution in [1.29, 1.82) is 0 Å². The summed E-state index contributed by atoms with van der Waals surface area (Å²) in [6.45, 7) is 2.53. The largest absolute Gasteiger partial charge is 0.351 e. The molecule has 0 saturated carbocycles. The lowest BCUT2D eigenvalue weighted by atomic mass is 10.2. The Morgan fingerprint density at radius 2 is 2.20 bits per heavy atom. The second-order valence-corrected chi connectivity index (χ2v) is 6.50. The number of amides is 1. The lowest BCUT2D eigenvalue weighted by Crippen LogP contribution is -2.26. The molecule has 0 fully saturated rings. The lowest BCUT2D eigenvalue weighted by Gasteiger charge is -2.05. The highest BCUT2D eigenvalue weighted by atomic mass is 79.9. The number of carbonyl (C=O) groups excluding carboxylic acids is 1. The minimum atomic E-state index is -0.183. The number of pyridine rings is 1. The molecule has 4 aromatic rings. The fourth-order valence-electron chi connectivity index (χ4n) is 2.75. The summed E-state index contributed by atoms with van der Waals surface area (Å²) in [5.74, 6) is 0.668. The summed E-state index contributed by atoms with van der Waals surface area (Å²) >= 11 is 3.30. The average Bonchev–Trinajstić information content (AvgIpc) is 3.17. The number of carbonyl (C=O) groups is 1. The van der Waals surface area contributed by atoms with Gasteiger partial charge in [0.05, 0.1) is 16.6 Å². The zero-order valence-corrected chi connectivity index (χ0v) is 15.0. The highest BCUT2D eigenvalue weighted by molar-refractivity contribution is 9.10. The maximum Gasteiger partial charge on any atom is 0.255 e. The number of hydrogen-bond donors (Lipinski definition) is 2. The maximum absolute atomic E-state index is 12.4. The van der Waals surface area contributed by atoms with Gasteiger partial charge in [0.1, 0.15) is 5.82 Å². The third kappa shape index (κ3) is 3.00. The van der Waals surface area contributed by atoms with E-state index in [9.17, 15) is 4.79 Å². The quantitative estimate of drug-likeness (QED) is 0.552. The fraction of sp³-hybridized carbons (Fsp3) is 0.176. The normalized spacial score (nSPS) is 11.3. The first kappa shape index (κ1) is 15.8. The second-order valence-electron chi connectivity index (χ2n) is 5.79. The molecule has 0 spiro atoms. The molecule has 0 radical (unpaired) electrons. The first-order chi connectivity index (χ1) is 12.1. The minimum absolute atomic E-state index is 0.183. The highest BCUT2D eigenvalue weighted by Crippen LogP contribution is 2.15. The molecule has 0 atom stereocenters. The van der Waals surface area contributed by atoms with Gasteiger partial charge in [0.2, 0.25) is 4.73 Å². The Kier molecular flexibility index (Phi) is 3.96. The van der Waals surface area contributed by atoms with E-state index in [1.54, 1.807) is 22.7 Å². The number of hydrogen-bond acceptors (Lipinski definition) is 4. The average molecular weight is 399 g/mol. The first-order valence-corrected chi connectivity index (χ1v) is 8.64. The van der Waals surface area contributed by atoms with E-state index < -0.39 is 0 Å². The van der Waals surface area contributed by atoms with Gasteiger partial charge in [-0.1, -0.05) is 6.07 Å². The van der Waals surface area contributed by atoms with E-state index in [2.05, 4.69) is 47.5 Å².